The number of rotatable bonds is 1. The van der Waals surface area contributed by atoms with Gasteiger partial charge in [-0.25, -0.2) is 0 Å². The van der Waals surface area contributed by atoms with Crippen molar-refractivity contribution in [3.63, 3.8) is 0 Å². The molecule has 102 valence electrons. The van der Waals surface area contributed by atoms with Gasteiger partial charge in [0.05, 0.1) is 10.9 Å². The molecule has 0 radical (unpaired) electrons. The number of fused-ring (bicyclic) bond motifs is 2. The molecule has 1 aliphatic rings. The lowest BCUT2D eigenvalue weighted by atomic mass is 9.85. The molecule has 0 unspecified atom stereocenters. The summed E-state index contributed by atoms with van der Waals surface area (Å²) in [5, 5.41) is 0. The molecule has 1 aliphatic heterocycles. The van der Waals surface area contributed by atoms with Crippen LogP contribution in [0.15, 0.2) is 88.7 Å². The second-order valence-electron chi connectivity index (χ2n) is 5.43. The van der Waals surface area contributed by atoms with Crippen LogP contribution in [0.3, 0.4) is 0 Å². The Hall–Kier alpha value is -1.99. The lowest BCUT2D eigenvalue weighted by Gasteiger charge is -2.26. The summed E-state index contributed by atoms with van der Waals surface area (Å²) >= 11 is 0. The quantitative estimate of drug-likeness (QED) is 0.562. The minimum absolute atomic E-state index is 0.165. The van der Waals surface area contributed by atoms with Crippen LogP contribution in [-0.2, 0) is 10.9 Å². The fourth-order valence-electron chi connectivity index (χ4n) is 3.29. The van der Waals surface area contributed by atoms with E-state index in [0.717, 1.165) is 0 Å². The van der Waals surface area contributed by atoms with E-state index < -0.39 is 0 Å². The first-order chi connectivity index (χ1) is 10.4. The van der Waals surface area contributed by atoms with E-state index in [-0.39, 0.29) is 10.9 Å². The lowest BCUT2D eigenvalue weighted by Crippen LogP contribution is -2.19. The zero-order chi connectivity index (χ0) is 14.2. The average molecular weight is 289 g/mol. The van der Waals surface area contributed by atoms with Gasteiger partial charge >= 0.3 is 0 Å². The van der Waals surface area contributed by atoms with Gasteiger partial charge in [-0.2, -0.15) is 0 Å². The Kier molecular flexibility index (Phi) is 3.08. The Morgan fingerprint density at radius 2 is 1.10 bits per heavy atom. The highest BCUT2D eigenvalue weighted by atomic mass is 32.2. The molecule has 0 fully saturated rings. The summed E-state index contributed by atoms with van der Waals surface area (Å²) < 4.78 is 0. The van der Waals surface area contributed by atoms with E-state index in [1.807, 2.05) is 0 Å². The maximum Gasteiger partial charge on any atom is 0.164 e. The summed E-state index contributed by atoms with van der Waals surface area (Å²) in [6, 6.07) is 28.7. The highest BCUT2D eigenvalue weighted by molar-refractivity contribution is 7.96. The zero-order valence-corrected chi connectivity index (χ0v) is 12.8. The molecule has 0 atom stereocenters. The Labute approximate surface area is 128 Å². The molecule has 0 saturated carbocycles. The third kappa shape index (κ3) is 2.00. The molecular formula is C20H17S+. The summed E-state index contributed by atoms with van der Waals surface area (Å²) in [6.45, 7) is 0. The first kappa shape index (κ1) is 12.7. The van der Waals surface area contributed by atoms with Crippen molar-refractivity contribution < 1.29 is 0 Å². The third-order valence-electron chi connectivity index (χ3n) is 4.25. The summed E-state index contributed by atoms with van der Waals surface area (Å²) in [7, 11) is 0.165. The van der Waals surface area contributed by atoms with Gasteiger partial charge < -0.3 is 0 Å². The van der Waals surface area contributed by atoms with E-state index in [1.54, 1.807) is 0 Å². The molecule has 0 N–H and O–H groups in total. The molecule has 0 bridgehead atoms. The molecular weight excluding hydrogens is 272 g/mol. The fourth-order valence-corrected chi connectivity index (χ4v) is 5.17. The maximum atomic E-state index is 2.35. The van der Waals surface area contributed by atoms with Crippen molar-refractivity contribution in [2.24, 2.45) is 0 Å². The predicted molar refractivity (Wildman–Crippen MR) is 90.1 cm³/mol. The normalized spacial score (nSPS) is 19.7. The van der Waals surface area contributed by atoms with Crippen molar-refractivity contribution in [1.29, 1.82) is 0 Å². The van der Waals surface area contributed by atoms with Crippen LogP contribution in [0, 0.1) is 0 Å². The van der Waals surface area contributed by atoms with Gasteiger partial charge in [0.15, 0.2) is 9.79 Å². The summed E-state index contributed by atoms with van der Waals surface area (Å²) in [4.78, 5) is 2.98. The minimum atomic E-state index is 0.165. The van der Waals surface area contributed by atoms with Crippen LogP contribution < -0.4 is 0 Å². The second-order valence-corrected chi connectivity index (χ2v) is 7.33. The smallest absolute Gasteiger partial charge is 0.0622 e. The van der Waals surface area contributed by atoms with Crippen LogP contribution in [-0.4, -0.2) is 6.26 Å². The van der Waals surface area contributed by atoms with Gasteiger partial charge in [0, 0.05) is 17.0 Å². The average Bonchev–Trinajstić information content (AvgIpc) is 2.56. The van der Waals surface area contributed by atoms with Crippen molar-refractivity contribution in [3.05, 3.63) is 95.6 Å². The largest absolute Gasteiger partial charge is 0.164 e. The predicted octanol–water partition coefficient (Wildman–Crippen LogP) is 4.85. The van der Waals surface area contributed by atoms with Crippen LogP contribution in [0.25, 0.3) is 0 Å². The minimum Gasteiger partial charge on any atom is -0.0622 e. The maximum absolute atomic E-state index is 2.35. The van der Waals surface area contributed by atoms with Crippen LogP contribution in [0.4, 0.5) is 0 Å². The van der Waals surface area contributed by atoms with E-state index in [0.29, 0.717) is 5.92 Å². The van der Waals surface area contributed by atoms with Crippen LogP contribution in [0.5, 0.6) is 0 Å². The first-order valence-corrected chi connectivity index (χ1v) is 8.88. The number of hydrogen-bond donors (Lipinski definition) is 0. The van der Waals surface area contributed by atoms with E-state index >= 15 is 0 Å². The highest BCUT2D eigenvalue weighted by Gasteiger charge is 2.37. The van der Waals surface area contributed by atoms with Crippen molar-refractivity contribution in [3.8, 4) is 0 Å². The Balaban J connectivity index is 2.01. The molecule has 0 aromatic heterocycles. The molecule has 0 spiro atoms. The fraction of sp³-hybridized carbons (Fsp3) is 0.100. The molecule has 1 heteroatoms. The van der Waals surface area contributed by atoms with Crippen LogP contribution in [0.2, 0.25) is 0 Å². The third-order valence-corrected chi connectivity index (χ3v) is 6.32. The molecule has 4 rings (SSSR count). The summed E-state index contributed by atoms with van der Waals surface area (Å²) in [6.07, 6.45) is 2.35. The van der Waals surface area contributed by atoms with Crippen molar-refractivity contribution in [2.75, 3.05) is 6.26 Å². The van der Waals surface area contributed by atoms with Gasteiger partial charge in [-0.3, -0.25) is 0 Å². The molecule has 0 nitrogen and oxygen atoms in total. The van der Waals surface area contributed by atoms with Crippen LogP contribution >= 0.6 is 0 Å². The number of hydrogen-bond acceptors (Lipinski definition) is 0. The van der Waals surface area contributed by atoms with Gasteiger partial charge in [0.2, 0.25) is 0 Å². The van der Waals surface area contributed by atoms with E-state index in [9.17, 15) is 0 Å². The monoisotopic (exact) mass is 289 g/mol. The Bertz CT molecular complexity index is 729. The molecule has 0 aliphatic carbocycles. The summed E-state index contributed by atoms with van der Waals surface area (Å²) in [5.41, 5.74) is 4.32. The van der Waals surface area contributed by atoms with Gasteiger partial charge in [0.25, 0.3) is 0 Å². The topological polar surface area (TPSA) is 0 Å². The Morgan fingerprint density at radius 3 is 1.67 bits per heavy atom. The van der Waals surface area contributed by atoms with E-state index in [4.69, 9.17) is 0 Å². The molecule has 3 aromatic carbocycles. The SMILES string of the molecule is C[S+]1c2ccccc2C(c2ccccc2)c2ccccc21. The standard InChI is InChI=1S/C20H17S/c1-21-18-13-7-5-11-16(18)20(15-9-3-2-4-10-15)17-12-6-8-14-19(17)21/h2-14,20H,1H3/q+1. The first-order valence-electron chi connectivity index (χ1n) is 7.25. The molecule has 0 amide bonds. The van der Waals surface area contributed by atoms with E-state index in [2.05, 4.69) is 85.1 Å². The molecule has 0 saturated heterocycles. The van der Waals surface area contributed by atoms with Gasteiger partial charge in [0.1, 0.15) is 6.26 Å². The van der Waals surface area contributed by atoms with Crippen molar-refractivity contribution >= 4 is 10.9 Å². The van der Waals surface area contributed by atoms with Gasteiger partial charge in [-0.1, -0.05) is 66.7 Å². The Morgan fingerprint density at radius 1 is 0.619 bits per heavy atom. The van der Waals surface area contributed by atoms with Gasteiger partial charge in [-0.15, -0.1) is 0 Å². The molecule has 21 heavy (non-hydrogen) atoms. The number of benzene rings is 3. The summed E-state index contributed by atoms with van der Waals surface area (Å²) in [5.74, 6) is 0.363. The van der Waals surface area contributed by atoms with E-state index in [1.165, 1.54) is 26.5 Å². The zero-order valence-electron chi connectivity index (χ0n) is 12.0. The van der Waals surface area contributed by atoms with Crippen molar-refractivity contribution in [2.45, 2.75) is 15.7 Å². The second kappa shape index (κ2) is 5.09. The highest BCUT2D eigenvalue weighted by Crippen LogP contribution is 2.44. The molecule has 1 heterocycles. The van der Waals surface area contributed by atoms with Gasteiger partial charge in [-0.05, 0) is 17.7 Å². The molecule has 3 aromatic rings. The lowest BCUT2D eigenvalue weighted by molar-refractivity contribution is 0.896. The van der Waals surface area contributed by atoms with Crippen molar-refractivity contribution in [1.82, 2.24) is 0 Å². The van der Waals surface area contributed by atoms with Crippen LogP contribution in [0.1, 0.15) is 22.6 Å².